The van der Waals surface area contributed by atoms with Gasteiger partial charge in [0.25, 0.3) is 5.89 Å². The second-order valence-corrected chi connectivity index (χ2v) is 6.10. The summed E-state index contributed by atoms with van der Waals surface area (Å²) in [6.45, 7) is 1.90. The van der Waals surface area contributed by atoms with Crippen LogP contribution in [0.25, 0.3) is 11.7 Å². The summed E-state index contributed by atoms with van der Waals surface area (Å²) in [7, 11) is 0. The molecule has 0 spiro atoms. The predicted molar refractivity (Wildman–Crippen MR) is 95.0 cm³/mol. The fourth-order valence-electron chi connectivity index (χ4n) is 2.97. The van der Waals surface area contributed by atoms with Gasteiger partial charge in [-0.15, -0.1) is 5.10 Å². The average molecular weight is 354 g/mol. The molecular formula is C18H18N4O4. The van der Waals surface area contributed by atoms with Crippen LogP contribution in [0.1, 0.15) is 12.8 Å². The standard InChI is InChI=1S/C18H18N4O4/c23-16(12-22-18(24)26-17(20-22)15-4-3-11-25-15)19-13-5-7-14(8-6-13)21-9-1-2-10-21/h3-8,11H,1-2,9-10,12H2,(H,19,23). The largest absolute Gasteiger partial charge is 0.459 e. The van der Waals surface area contributed by atoms with E-state index >= 15 is 0 Å². The summed E-state index contributed by atoms with van der Waals surface area (Å²) in [6, 6.07) is 11.0. The molecule has 1 aromatic carbocycles. The van der Waals surface area contributed by atoms with Crippen molar-refractivity contribution in [2.45, 2.75) is 19.4 Å². The van der Waals surface area contributed by atoms with Crippen molar-refractivity contribution in [3.63, 3.8) is 0 Å². The number of carbonyl (C=O) groups excluding carboxylic acids is 1. The minimum Gasteiger partial charge on any atom is -0.459 e. The maximum absolute atomic E-state index is 12.2. The number of rotatable bonds is 5. The lowest BCUT2D eigenvalue weighted by Gasteiger charge is -2.17. The molecule has 3 aromatic rings. The van der Waals surface area contributed by atoms with Gasteiger partial charge in [-0.3, -0.25) is 4.79 Å². The van der Waals surface area contributed by atoms with Crippen LogP contribution >= 0.6 is 0 Å². The zero-order chi connectivity index (χ0) is 17.9. The molecule has 26 heavy (non-hydrogen) atoms. The average Bonchev–Trinajstić information content (AvgIpc) is 3.38. The van der Waals surface area contributed by atoms with Crippen molar-refractivity contribution in [2.75, 3.05) is 23.3 Å². The molecule has 4 rings (SSSR count). The first kappa shape index (κ1) is 16.2. The summed E-state index contributed by atoms with van der Waals surface area (Å²) >= 11 is 0. The van der Waals surface area contributed by atoms with Gasteiger partial charge >= 0.3 is 5.76 Å². The van der Waals surface area contributed by atoms with Crippen molar-refractivity contribution in [3.8, 4) is 11.7 Å². The third kappa shape index (κ3) is 3.39. The Kier molecular flexibility index (Phi) is 4.30. The number of amides is 1. The second kappa shape index (κ2) is 6.91. The fraction of sp³-hybridized carbons (Fsp3) is 0.278. The Morgan fingerprint density at radius 2 is 1.92 bits per heavy atom. The smallest absolute Gasteiger partial charge is 0.437 e. The highest BCUT2D eigenvalue weighted by Crippen LogP contribution is 2.22. The van der Waals surface area contributed by atoms with Crippen molar-refractivity contribution in [2.24, 2.45) is 0 Å². The number of hydrogen-bond acceptors (Lipinski definition) is 6. The van der Waals surface area contributed by atoms with E-state index in [-0.39, 0.29) is 18.3 Å². The van der Waals surface area contributed by atoms with Crippen LogP contribution in [0.5, 0.6) is 0 Å². The molecule has 3 heterocycles. The summed E-state index contributed by atoms with van der Waals surface area (Å²) in [5.74, 6) is -0.697. The first-order valence-electron chi connectivity index (χ1n) is 8.46. The molecule has 2 aromatic heterocycles. The Balaban J connectivity index is 1.40. The monoisotopic (exact) mass is 354 g/mol. The quantitative estimate of drug-likeness (QED) is 0.756. The summed E-state index contributed by atoms with van der Waals surface area (Å²) in [6.07, 6.45) is 3.88. The van der Waals surface area contributed by atoms with E-state index in [9.17, 15) is 9.59 Å². The number of nitrogens with zero attached hydrogens (tertiary/aromatic N) is 3. The number of nitrogens with one attached hydrogen (secondary N) is 1. The van der Waals surface area contributed by atoms with Crippen LogP contribution in [0.2, 0.25) is 0 Å². The van der Waals surface area contributed by atoms with Crippen LogP contribution < -0.4 is 16.0 Å². The molecule has 1 amide bonds. The van der Waals surface area contributed by atoms with Gasteiger partial charge in [-0.25, -0.2) is 4.79 Å². The Bertz CT molecular complexity index is 934. The molecule has 0 aliphatic carbocycles. The van der Waals surface area contributed by atoms with Crippen LogP contribution in [0.3, 0.4) is 0 Å². The van der Waals surface area contributed by atoms with Gasteiger partial charge in [-0.2, -0.15) is 4.68 Å². The highest BCUT2D eigenvalue weighted by molar-refractivity contribution is 5.90. The van der Waals surface area contributed by atoms with Gasteiger partial charge in [-0.1, -0.05) is 0 Å². The molecule has 0 bridgehead atoms. The van der Waals surface area contributed by atoms with E-state index < -0.39 is 5.76 Å². The maximum atomic E-state index is 12.2. The zero-order valence-corrected chi connectivity index (χ0v) is 14.1. The molecule has 1 fully saturated rings. The van der Waals surface area contributed by atoms with Gasteiger partial charge in [0.15, 0.2) is 5.76 Å². The lowest BCUT2D eigenvalue weighted by molar-refractivity contribution is -0.117. The van der Waals surface area contributed by atoms with Crippen LogP contribution in [0.15, 0.2) is 56.3 Å². The fourth-order valence-corrected chi connectivity index (χ4v) is 2.97. The number of carbonyl (C=O) groups is 1. The van der Waals surface area contributed by atoms with E-state index in [0.29, 0.717) is 11.4 Å². The first-order chi connectivity index (χ1) is 12.7. The lowest BCUT2D eigenvalue weighted by atomic mass is 10.2. The van der Waals surface area contributed by atoms with Gasteiger partial charge in [0.1, 0.15) is 6.54 Å². The van der Waals surface area contributed by atoms with Crippen LogP contribution in [-0.4, -0.2) is 28.8 Å². The second-order valence-electron chi connectivity index (χ2n) is 6.10. The topological polar surface area (TPSA) is 93.5 Å². The van der Waals surface area contributed by atoms with Crippen LogP contribution in [0.4, 0.5) is 11.4 Å². The van der Waals surface area contributed by atoms with E-state index in [1.165, 1.54) is 19.1 Å². The van der Waals surface area contributed by atoms with Crippen molar-refractivity contribution >= 4 is 17.3 Å². The molecule has 1 aliphatic rings. The number of aromatic nitrogens is 2. The Labute approximate surface area is 149 Å². The van der Waals surface area contributed by atoms with Crippen molar-refractivity contribution in [3.05, 3.63) is 53.2 Å². The Morgan fingerprint density at radius 3 is 2.62 bits per heavy atom. The molecule has 134 valence electrons. The number of anilines is 2. The third-order valence-corrected chi connectivity index (χ3v) is 4.25. The van der Waals surface area contributed by atoms with Gasteiger partial charge in [0.05, 0.1) is 6.26 Å². The number of furan rings is 1. The van der Waals surface area contributed by atoms with Gasteiger partial charge < -0.3 is 19.1 Å². The molecule has 8 nitrogen and oxygen atoms in total. The molecule has 1 N–H and O–H groups in total. The van der Waals surface area contributed by atoms with Gasteiger partial charge in [0.2, 0.25) is 5.91 Å². The molecule has 0 atom stereocenters. The normalized spacial score (nSPS) is 13.9. The highest BCUT2D eigenvalue weighted by atomic mass is 16.4. The molecule has 1 aliphatic heterocycles. The van der Waals surface area contributed by atoms with Gasteiger partial charge in [0, 0.05) is 24.5 Å². The number of benzene rings is 1. The Hall–Kier alpha value is -3.29. The summed E-state index contributed by atoms with van der Waals surface area (Å²) < 4.78 is 11.1. The highest BCUT2D eigenvalue weighted by Gasteiger charge is 2.15. The minimum absolute atomic E-state index is 0.0442. The minimum atomic E-state index is -0.712. The lowest BCUT2D eigenvalue weighted by Crippen LogP contribution is -2.25. The van der Waals surface area contributed by atoms with E-state index in [1.54, 1.807) is 12.1 Å². The third-order valence-electron chi connectivity index (χ3n) is 4.25. The predicted octanol–water partition coefficient (Wildman–Crippen LogP) is 2.34. The SMILES string of the molecule is O=C(Cn1nc(-c2ccco2)oc1=O)Nc1ccc(N2CCCC2)cc1. The molecule has 0 unspecified atom stereocenters. The molecule has 8 heteroatoms. The van der Waals surface area contributed by atoms with Crippen molar-refractivity contribution in [1.29, 1.82) is 0 Å². The van der Waals surface area contributed by atoms with E-state index in [2.05, 4.69) is 15.3 Å². The van der Waals surface area contributed by atoms with E-state index in [1.807, 2.05) is 24.3 Å². The van der Waals surface area contributed by atoms with Crippen molar-refractivity contribution < 1.29 is 13.6 Å². The van der Waals surface area contributed by atoms with Crippen molar-refractivity contribution in [1.82, 2.24) is 9.78 Å². The van der Waals surface area contributed by atoms with E-state index in [4.69, 9.17) is 8.83 Å². The summed E-state index contributed by atoms with van der Waals surface area (Å²) in [5.41, 5.74) is 1.82. The molecule has 1 saturated heterocycles. The zero-order valence-electron chi connectivity index (χ0n) is 14.1. The summed E-state index contributed by atoms with van der Waals surface area (Å²) in [5, 5.41) is 6.73. The first-order valence-corrected chi connectivity index (χ1v) is 8.46. The van der Waals surface area contributed by atoms with Crippen LogP contribution in [-0.2, 0) is 11.3 Å². The molecular weight excluding hydrogens is 336 g/mol. The Morgan fingerprint density at radius 1 is 1.15 bits per heavy atom. The molecule has 0 saturated carbocycles. The number of hydrogen-bond donors (Lipinski definition) is 1. The van der Waals surface area contributed by atoms with Crippen LogP contribution in [0, 0.1) is 0 Å². The molecule has 0 radical (unpaired) electrons. The maximum Gasteiger partial charge on any atom is 0.437 e. The van der Waals surface area contributed by atoms with Gasteiger partial charge in [-0.05, 0) is 49.2 Å². The van der Waals surface area contributed by atoms with E-state index in [0.717, 1.165) is 23.5 Å². The summed E-state index contributed by atoms with van der Waals surface area (Å²) in [4.78, 5) is 26.3.